The normalized spacial score (nSPS) is 25.1. The van der Waals surface area contributed by atoms with Gasteiger partial charge in [0.2, 0.25) is 0 Å². The molecule has 0 saturated carbocycles. The van der Waals surface area contributed by atoms with Crippen molar-refractivity contribution in [3.63, 3.8) is 0 Å². The number of piperazine rings is 1. The molecule has 0 aliphatic carbocycles. The molecule has 1 fully saturated rings. The van der Waals surface area contributed by atoms with Crippen LogP contribution >= 0.6 is 0 Å². The first-order valence-corrected chi connectivity index (χ1v) is 6.31. The van der Waals surface area contributed by atoms with E-state index in [0.717, 1.165) is 12.2 Å². The number of ether oxygens (including phenoxy) is 1. The highest BCUT2D eigenvalue weighted by Gasteiger charge is 2.27. The summed E-state index contributed by atoms with van der Waals surface area (Å²) in [6.07, 6.45) is 1.51. The molecule has 16 heavy (non-hydrogen) atoms. The molecule has 3 rings (SSSR count). The third kappa shape index (κ3) is 2.06. The Morgan fingerprint density at radius 1 is 1.25 bits per heavy atom. The van der Waals surface area contributed by atoms with Gasteiger partial charge in [-0.05, 0) is 11.6 Å². The molecule has 0 aromatic heterocycles. The second kappa shape index (κ2) is 4.44. The van der Waals surface area contributed by atoms with E-state index in [9.17, 15) is 0 Å². The summed E-state index contributed by atoms with van der Waals surface area (Å²) in [6, 6.07) is 8.44. The maximum atomic E-state index is 5.98. The van der Waals surface area contributed by atoms with Crippen molar-refractivity contribution >= 4 is 0 Å². The number of nitrogens with two attached hydrogens (primary N) is 1. The molecule has 0 amide bonds. The minimum absolute atomic E-state index is 0.408. The predicted molar refractivity (Wildman–Crippen MR) is 61.8 cm³/mol. The van der Waals surface area contributed by atoms with E-state index in [0.29, 0.717) is 6.10 Å². The van der Waals surface area contributed by atoms with Crippen molar-refractivity contribution in [2.75, 3.05) is 32.7 Å². The monoisotopic (exact) mass is 220 g/mol. The van der Waals surface area contributed by atoms with Crippen molar-refractivity contribution in [3.8, 4) is 5.75 Å². The molecule has 3 nitrogen and oxygen atoms in total. The summed E-state index contributed by atoms with van der Waals surface area (Å²) in [7, 11) is 0. The Bertz CT molecular complexity index is 336. The van der Waals surface area contributed by atoms with Gasteiger partial charge < -0.3 is 15.0 Å². The van der Waals surface area contributed by atoms with Crippen molar-refractivity contribution in [2.45, 2.75) is 12.5 Å². The Balaban J connectivity index is 1.59. The number of hydrogen-bond acceptors (Lipinski definition) is 1. The first-order chi connectivity index (χ1) is 7.92. The second-order valence-corrected chi connectivity index (χ2v) is 4.87. The Kier molecular flexibility index (Phi) is 2.80. The maximum absolute atomic E-state index is 5.98. The van der Waals surface area contributed by atoms with Crippen LogP contribution in [0.15, 0.2) is 24.3 Å². The van der Waals surface area contributed by atoms with Crippen molar-refractivity contribution in [1.82, 2.24) is 0 Å². The van der Waals surface area contributed by atoms with Gasteiger partial charge in [0.05, 0.1) is 0 Å². The van der Waals surface area contributed by atoms with Crippen molar-refractivity contribution < 1.29 is 15.0 Å². The standard InChI is InChI=1S/C13H18N2O/c1-2-4-13-11(3-1)9-12(16-13)10-15-7-5-14-6-8-15/h1-4,12,14H,5-10H2/p+2/t12-/m1/s1. The molecule has 1 saturated heterocycles. The first-order valence-electron chi connectivity index (χ1n) is 6.31. The molecule has 2 aliphatic heterocycles. The quantitative estimate of drug-likeness (QED) is 0.621. The van der Waals surface area contributed by atoms with Crippen LogP contribution in [0.3, 0.4) is 0 Å². The molecule has 1 aromatic carbocycles. The number of para-hydroxylation sites is 1. The third-order valence-electron chi connectivity index (χ3n) is 3.63. The zero-order chi connectivity index (χ0) is 10.8. The van der Waals surface area contributed by atoms with E-state index in [1.807, 2.05) is 0 Å². The molecule has 0 spiro atoms. The summed E-state index contributed by atoms with van der Waals surface area (Å²) in [5, 5.41) is 2.41. The lowest BCUT2D eigenvalue weighted by Crippen LogP contribution is -3.21. The molecule has 1 atom stereocenters. The largest absolute Gasteiger partial charge is 0.484 e. The molecule has 86 valence electrons. The van der Waals surface area contributed by atoms with Gasteiger partial charge in [-0.2, -0.15) is 0 Å². The minimum Gasteiger partial charge on any atom is -0.484 e. The van der Waals surface area contributed by atoms with Crippen LogP contribution in [0.5, 0.6) is 5.75 Å². The topological polar surface area (TPSA) is 30.3 Å². The second-order valence-electron chi connectivity index (χ2n) is 4.87. The van der Waals surface area contributed by atoms with E-state index < -0.39 is 0 Å². The zero-order valence-electron chi connectivity index (χ0n) is 9.61. The summed E-state index contributed by atoms with van der Waals surface area (Å²) in [5.74, 6) is 1.11. The smallest absolute Gasteiger partial charge is 0.151 e. The van der Waals surface area contributed by atoms with Crippen LogP contribution in [-0.4, -0.2) is 38.8 Å². The summed E-state index contributed by atoms with van der Waals surface area (Å²) in [6.45, 7) is 6.29. The number of benzene rings is 1. The number of fused-ring (bicyclic) bond motifs is 1. The fraction of sp³-hybridized carbons (Fsp3) is 0.538. The van der Waals surface area contributed by atoms with Gasteiger partial charge >= 0.3 is 0 Å². The Morgan fingerprint density at radius 3 is 2.88 bits per heavy atom. The summed E-state index contributed by atoms with van der Waals surface area (Å²) in [5.41, 5.74) is 1.38. The van der Waals surface area contributed by atoms with E-state index in [-0.39, 0.29) is 0 Å². The summed E-state index contributed by atoms with van der Waals surface area (Å²) >= 11 is 0. The van der Waals surface area contributed by atoms with Crippen molar-refractivity contribution in [2.24, 2.45) is 0 Å². The van der Waals surface area contributed by atoms with Gasteiger partial charge in [0.25, 0.3) is 0 Å². The lowest BCUT2D eigenvalue weighted by Gasteiger charge is -2.24. The number of nitrogens with one attached hydrogen (secondary N) is 1. The lowest BCUT2D eigenvalue weighted by atomic mass is 10.1. The van der Waals surface area contributed by atoms with Crippen LogP contribution in [-0.2, 0) is 6.42 Å². The van der Waals surface area contributed by atoms with Crippen LogP contribution in [0.1, 0.15) is 5.56 Å². The molecular weight excluding hydrogens is 200 g/mol. The highest BCUT2D eigenvalue weighted by atomic mass is 16.5. The van der Waals surface area contributed by atoms with Crippen LogP contribution < -0.4 is 15.0 Å². The van der Waals surface area contributed by atoms with Gasteiger partial charge in [-0.1, -0.05) is 18.2 Å². The fourth-order valence-corrected chi connectivity index (χ4v) is 2.78. The van der Waals surface area contributed by atoms with Gasteiger partial charge in [0.1, 0.15) is 38.5 Å². The van der Waals surface area contributed by atoms with E-state index in [1.165, 1.54) is 38.3 Å². The van der Waals surface area contributed by atoms with Gasteiger partial charge in [0.15, 0.2) is 6.10 Å². The zero-order valence-corrected chi connectivity index (χ0v) is 9.61. The van der Waals surface area contributed by atoms with E-state index >= 15 is 0 Å². The van der Waals surface area contributed by atoms with E-state index in [4.69, 9.17) is 4.74 Å². The van der Waals surface area contributed by atoms with E-state index in [1.54, 1.807) is 4.90 Å². The molecule has 0 unspecified atom stereocenters. The number of quaternary nitrogens is 2. The van der Waals surface area contributed by atoms with Gasteiger partial charge in [0, 0.05) is 6.42 Å². The highest BCUT2D eigenvalue weighted by Crippen LogP contribution is 2.27. The number of hydrogen-bond donors (Lipinski definition) is 2. The average molecular weight is 220 g/mol. The van der Waals surface area contributed by atoms with E-state index in [2.05, 4.69) is 29.6 Å². The fourth-order valence-electron chi connectivity index (χ4n) is 2.78. The SMILES string of the molecule is c1ccc2c(c1)C[C@H](C[NH+]1CC[NH2+]CC1)O2. The third-order valence-corrected chi connectivity index (χ3v) is 3.63. The first kappa shape index (κ1) is 10.1. The van der Waals surface area contributed by atoms with Crippen LogP contribution in [0, 0.1) is 0 Å². The number of rotatable bonds is 2. The minimum atomic E-state index is 0.408. The molecule has 2 heterocycles. The van der Waals surface area contributed by atoms with Gasteiger partial charge in [-0.15, -0.1) is 0 Å². The van der Waals surface area contributed by atoms with Crippen molar-refractivity contribution in [1.29, 1.82) is 0 Å². The maximum Gasteiger partial charge on any atom is 0.151 e. The molecule has 0 radical (unpaired) electrons. The summed E-state index contributed by atoms with van der Waals surface area (Å²) in [4.78, 5) is 1.71. The van der Waals surface area contributed by atoms with Crippen LogP contribution in [0.2, 0.25) is 0 Å². The Hall–Kier alpha value is -1.06. The molecule has 3 heteroatoms. The van der Waals surface area contributed by atoms with Crippen molar-refractivity contribution in [3.05, 3.63) is 29.8 Å². The van der Waals surface area contributed by atoms with Crippen LogP contribution in [0.25, 0.3) is 0 Å². The van der Waals surface area contributed by atoms with Crippen LogP contribution in [0.4, 0.5) is 0 Å². The molecule has 3 N–H and O–H groups in total. The Labute approximate surface area is 96.4 Å². The molecular formula is C13H20N2O+2. The molecule has 2 aliphatic rings. The Morgan fingerprint density at radius 2 is 2.06 bits per heavy atom. The predicted octanol–water partition coefficient (Wildman–Crippen LogP) is -1.55. The summed E-state index contributed by atoms with van der Waals surface area (Å²) < 4.78 is 5.98. The molecule has 1 aromatic rings. The molecule has 0 bridgehead atoms. The highest BCUT2D eigenvalue weighted by molar-refractivity contribution is 5.37. The van der Waals surface area contributed by atoms with Gasteiger partial charge in [-0.25, -0.2) is 0 Å². The average Bonchev–Trinajstić information content (AvgIpc) is 2.72. The lowest BCUT2D eigenvalue weighted by molar-refractivity contribution is -0.948. The van der Waals surface area contributed by atoms with Gasteiger partial charge in [-0.3, -0.25) is 0 Å².